The summed E-state index contributed by atoms with van der Waals surface area (Å²) in [5.41, 5.74) is 1.61. The Morgan fingerprint density at radius 1 is 0.968 bits per heavy atom. The topological polar surface area (TPSA) is 29.5 Å². The van der Waals surface area contributed by atoms with Crippen molar-refractivity contribution in [1.29, 1.82) is 0 Å². The van der Waals surface area contributed by atoms with Crippen molar-refractivity contribution in [3.8, 4) is 0 Å². The Balaban J connectivity index is 1.35. The normalized spacial score (nSPS) is 52.3. The van der Waals surface area contributed by atoms with Crippen LogP contribution in [-0.4, -0.2) is 24.9 Å². The van der Waals surface area contributed by atoms with Crippen LogP contribution in [0.3, 0.4) is 0 Å². The zero-order valence-electron chi connectivity index (χ0n) is 21.3. The Morgan fingerprint density at radius 3 is 2.39 bits per heavy atom. The molecule has 11 atom stereocenters. The van der Waals surface area contributed by atoms with Crippen LogP contribution in [0.2, 0.25) is 0 Å². The van der Waals surface area contributed by atoms with Gasteiger partial charge in [0, 0.05) is 19.1 Å². The van der Waals surface area contributed by atoms with Crippen LogP contribution in [0.4, 0.5) is 0 Å². The average molecular weight is 431 g/mol. The first-order valence-electron chi connectivity index (χ1n) is 13.8. The first-order chi connectivity index (χ1) is 14.7. The van der Waals surface area contributed by atoms with Crippen LogP contribution in [0.1, 0.15) is 98.8 Å². The zero-order chi connectivity index (χ0) is 22.2. The molecule has 2 nitrogen and oxygen atoms in total. The molecule has 2 heteroatoms. The molecule has 1 N–H and O–H groups in total. The van der Waals surface area contributed by atoms with Gasteiger partial charge in [-0.05, 0) is 122 Å². The molecule has 0 saturated heterocycles. The van der Waals surface area contributed by atoms with Crippen molar-refractivity contribution in [3.05, 3.63) is 0 Å². The van der Waals surface area contributed by atoms with Crippen LogP contribution in [-0.2, 0) is 4.74 Å². The summed E-state index contributed by atoms with van der Waals surface area (Å²) in [7, 11) is 2.01. The van der Waals surface area contributed by atoms with Crippen molar-refractivity contribution in [1.82, 2.24) is 0 Å². The monoisotopic (exact) mass is 430 g/mol. The minimum Gasteiger partial charge on any atom is -0.396 e. The van der Waals surface area contributed by atoms with E-state index in [-0.39, 0.29) is 0 Å². The summed E-state index contributed by atoms with van der Waals surface area (Å²) in [6, 6.07) is 0. The SMILES string of the molecule is CO[C@@H]1C[C@H]2[C@@H]3CC[C@H]([C@H](C)C[C@H](CO)CC(C)C)[C@@]3(C)CC[C@@H]2[C@@]2(C)CC[C@@H]3C[C@]312. The maximum Gasteiger partial charge on any atom is 0.0638 e. The molecule has 31 heavy (non-hydrogen) atoms. The summed E-state index contributed by atoms with van der Waals surface area (Å²) in [6.07, 6.45) is 14.5. The Kier molecular flexibility index (Phi) is 5.66. The number of hydrogen-bond acceptors (Lipinski definition) is 2. The quantitative estimate of drug-likeness (QED) is 0.473. The van der Waals surface area contributed by atoms with E-state index in [0.717, 1.165) is 35.5 Å². The largest absolute Gasteiger partial charge is 0.396 e. The summed E-state index contributed by atoms with van der Waals surface area (Å²) < 4.78 is 6.30. The Bertz CT molecular complexity index is 674. The van der Waals surface area contributed by atoms with Gasteiger partial charge in [0.15, 0.2) is 0 Å². The van der Waals surface area contributed by atoms with E-state index in [2.05, 4.69) is 34.6 Å². The molecule has 0 aliphatic heterocycles. The lowest BCUT2D eigenvalue weighted by Crippen LogP contribution is -2.57. The number of rotatable bonds is 7. The smallest absolute Gasteiger partial charge is 0.0638 e. The highest BCUT2D eigenvalue weighted by Gasteiger charge is 2.77. The van der Waals surface area contributed by atoms with Crippen LogP contribution >= 0.6 is 0 Å². The average Bonchev–Trinajstić information content (AvgIpc) is 3.23. The summed E-state index contributed by atoms with van der Waals surface area (Å²) in [6.45, 7) is 12.9. The minimum atomic E-state index is 0.372. The number of aliphatic hydroxyl groups is 1. The highest BCUT2D eigenvalue weighted by molar-refractivity contribution is 5.26. The molecule has 0 unspecified atom stereocenters. The lowest BCUT2D eigenvalue weighted by atomic mass is 9.45. The molecule has 5 aliphatic carbocycles. The second-order valence-electron chi connectivity index (χ2n) is 13.9. The minimum absolute atomic E-state index is 0.372. The Labute approximate surface area is 192 Å². The van der Waals surface area contributed by atoms with Gasteiger partial charge in [-0.3, -0.25) is 0 Å². The lowest BCUT2D eigenvalue weighted by Gasteiger charge is -2.61. The van der Waals surface area contributed by atoms with Gasteiger partial charge in [-0.25, -0.2) is 0 Å². The third kappa shape index (κ3) is 3.09. The van der Waals surface area contributed by atoms with Gasteiger partial charge in [-0.2, -0.15) is 0 Å². The molecule has 5 fully saturated rings. The number of hydrogen-bond donors (Lipinski definition) is 1. The molecule has 0 amide bonds. The van der Waals surface area contributed by atoms with E-state index >= 15 is 0 Å². The maximum absolute atomic E-state index is 10.0. The number of aliphatic hydroxyl groups excluding tert-OH is 1. The third-order valence-electron chi connectivity index (χ3n) is 12.4. The van der Waals surface area contributed by atoms with Gasteiger partial charge in [0.2, 0.25) is 0 Å². The maximum atomic E-state index is 10.0. The molecule has 178 valence electrons. The van der Waals surface area contributed by atoms with Crippen molar-refractivity contribution in [3.63, 3.8) is 0 Å². The van der Waals surface area contributed by atoms with E-state index in [9.17, 15) is 5.11 Å². The molecule has 5 aliphatic rings. The van der Waals surface area contributed by atoms with Gasteiger partial charge in [0.05, 0.1) is 6.10 Å². The van der Waals surface area contributed by atoms with Crippen LogP contribution in [0.25, 0.3) is 0 Å². The molecule has 0 aromatic carbocycles. The Morgan fingerprint density at radius 2 is 1.74 bits per heavy atom. The van der Waals surface area contributed by atoms with Gasteiger partial charge in [-0.15, -0.1) is 0 Å². The predicted molar refractivity (Wildman–Crippen MR) is 128 cm³/mol. The molecule has 0 radical (unpaired) electrons. The summed E-state index contributed by atoms with van der Waals surface area (Å²) in [5, 5.41) is 10.0. The molecule has 5 rings (SSSR count). The van der Waals surface area contributed by atoms with Crippen LogP contribution in [0.5, 0.6) is 0 Å². The standard InChI is InChI=1S/C29H50O2/c1-18(2)13-20(17-30)14-19(3)23-7-8-24-22-15-26(31-6)29-16-21(29)9-12-28(29,5)25(22)10-11-27(23,24)4/h18-26,30H,7-17H2,1-6H3/t19-,20-,21-,22+,23-,24+,25+,26-,27-,28-,29+/m1/s1. The van der Waals surface area contributed by atoms with E-state index in [1.54, 1.807) is 0 Å². The van der Waals surface area contributed by atoms with Crippen LogP contribution in [0.15, 0.2) is 0 Å². The predicted octanol–water partition coefficient (Wildman–Crippen LogP) is 6.95. The van der Waals surface area contributed by atoms with E-state index in [1.165, 1.54) is 64.2 Å². The fourth-order valence-electron chi connectivity index (χ4n) is 11.2. The lowest BCUT2D eigenvalue weighted by molar-refractivity contribution is -0.161. The first-order valence-corrected chi connectivity index (χ1v) is 13.8. The summed E-state index contributed by atoms with van der Waals surface area (Å²) in [4.78, 5) is 0. The molecule has 1 spiro atoms. The van der Waals surface area contributed by atoms with Gasteiger partial charge in [0.25, 0.3) is 0 Å². The molecular weight excluding hydrogens is 380 g/mol. The van der Waals surface area contributed by atoms with Gasteiger partial charge < -0.3 is 9.84 Å². The molecular formula is C29H50O2. The van der Waals surface area contributed by atoms with E-state index in [1.807, 2.05) is 7.11 Å². The molecule has 0 aromatic rings. The molecule has 0 heterocycles. The van der Waals surface area contributed by atoms with Gasteiger partial charge in [0.1, 0.15) is 0 Å². The van der Waals surface area contributed by atoms with Gasteiger partial charge in [-0.1, -0.05) is 34.6 Å². The van der Waals surface area contributed by atoms with E-state index in [0.29, 0.717) is 40.8 Å². The van der Waals surface area contributed by atoms with Crippen molar-refractivity contribution in [2.75, 3.05) is 13.7 Å². The van der Waals surface area contributed by atoms with Crippen molar-refractivity contribution < 1.29 is 9.84 Å². The number of methoxy groups -OCH3 is 1. The molecule has 5 saturated carbocycles. The van der Waals surface area contributed by atoms with Gasteiger partial charge >= 0.3 is 0 Å². The highest BCUT2D eigenvalue weighted by atomic mass is 16.5. The van der Waals surface area contributed by atoms with Crippen molar-refractivity contribution >= 4 is 0 Å². The van der Waals surface area contributed by atoms with Crippen LogP contribution in [0, 0.1) is 63.6 Å². The number of fused-ring (bicyclic) bond motifs is 4. The third-order valence-corrected chi connectivity index (χ3v) is 12.4. The molecule has 0 aromatic heterocycles. The first kappa shape index (κ1) is 22.7. The molecule has 0 bridgehead atoms. The number of ether oxygens (including phenoxy) is 1. The van der Waals surface area contributed by atoms with Crippen molar-refractivity contribution in [2.24, 2.45) is 63.6 Å². The second-order valence-corrected chi connectivity index (χ2v) is 13.9. The summed E-state index contributed by atoms with van der Waals surface area (Å²) >= 11 is 0. The highest BCUT2D eigenvalue weighted by Crippen LogP contribution is 2.82. The zero-order valence-corrected chi connectivity index (χ0v) is 21.3. The fraction of sp³-hybridized carbons (Fsp3) is 1.00. The summed E-state index contributed by atoms with van der Waals surface area (Å²) in [5.74, 6) is 6.48. The van der Waals surface area contributed by atoms with E-state index < -0.39 is 0 Å². The van der Waals surface area contributed by atoms with Crippen LogP contribution < -0.4 is 0 Å². The fourth-order valence-corrected chi connectivity index (χ4v) is 11.2. The van der Waals surface area contributed by atoms with Crippen molar-refractivity contribution in [2.45, 2.75) is 105 Å². The second kappa shape index (κ2) is 7.72. The Hall–Kier alpha value is -0.0800. The van der Waals surface area contributed by atoms with E-state index in [4.69, 9.17) is 4.74 Å².